The largest absolute Gasteiger partial charge is 0.467 e. The van der Waals surface area contributed by atoms with E-state index in [0.717, 1.165) is 9.56 Å². The van der Waals surface area contributed by atoms with Crippen LogP contribution in [-0.4, -0.2) is 21.9 Å². The van der Waals surface area contributed by atoms with Gasteiger partial charge in [-0.1, -0.05) is 6.07 Å². The van der Waals surface area contributed by atoms with E-state index in [0.29, 0.717) is 5.76 Å². The number of carbonyl (C=O) groups excluding carboxylic acids is 1. The molecule has 0 bridgehead atoms. The van der Waals surface area contributed by atoms with E-state index in [-0.39, 0.29) is 24.5 Å². The van der Waals surface area contributed by atoms with E-state index >= 15 is 0 Å². The first-order valence-corrected chi connectivity index (χ1v) is 9.06. The van der Waals surface area contributed by atoms with Crippen LogP contribution in [0.2, 0.25) is 0 Å². The molecule has 1 aliphatic heterocycles. The van der Waals surface area contributed by atoms with Crippen molar-refractivity contribution < 1.29 is 22.4 Å². The highest BCUT2D eigenvalue weighted by Crippen LogP contribution is 2.44. The van der Waals surface area contributed by atoms with Gasteiger partial charge in [-0.3, -0.25) is 4.79 Å². The molecule has 2 atom stereocenters. The predicted octanol–water partition coefficient (Wildman–Crippen LogP) is 4.13. The fraction of sp³-hybridized carbons (Fsp3) is 0.294. The van der Waals surface area contributed by atoms with Gasteiger partial charge in [0.25, 0.3) is 5.91 Å². The van der Waals surface area contributed by atoms with Crippen LogP contribution in [0.1, 0.15) is 39.6 Å². The summed E-state index contributed by atoms with van der Waals surface area (Å²) in [6.07, 6.45) is -3.19. The molecule has 0 fully saturated rings. The lowest BCUT2D eigenvalue weighted by Crippen LogP contribution is -2.35. The summed E-state index contributed by atoms with van der Waals surface area (Å²) in [5.74, 6) is 0.144. The zero-order chi connectivity index (χ0) is 19.0. The Labute approximate surface area is 156 Å². The highest BCUT2D eigenvalue weighted by Gasteiger charge is 2.47. The summed E-state index contributed by atoms with van der Waals surface area (Å²) in [5.41, 5.74) is -0.0786. The second-order valence-corrected chi connectivity index (χ2v) is 7.11. The fourth-order valence-electron chi connectivity index (χ4n) is 3.03. The lowest BCUT2D eigenvalue weighted by atomic mass is 10.0. The fourth-order valence-corrected chi connectivity index (χ4v) is 3.82. The zero-order valence-corrected chi connectivity index (χ0v) is 14.7. The number of furan rings is 1. The number of halogens is 3. The molecule has 142 valence electrons. The molecule has 1 aliphatic rings. The number of alkyl halides is 3. The van der Waals surface area contributed by atoms with Crippen LogP contribution >= 0.6 is 11.3 Å². The number of amides is 1. The number of nitrogens with one attached hydrogen (secondary N) is 2. The Morgan fingerprint density at radius 3 is 2.93 bits per heavy atom. The van der Waals surface area contributed by atoms with Gasteiger partial charge in [0.2, 0.25) is 0 Å². The minimum absolute atomic E-state index is 0.0786. The molecule has 0 aromatic carbocycles. The van der Waals surface area contributed by atoms with Crippen molar-refractivity contribution in [2.45, 2.75) is 31.2 Å². The minimum atomic E-state index is -4.47. The average molecular weight is 396 g/mol. The SMILES string of the molecule is O=C(NCc1ccco1)c1cc2n(n1)[C@H](C(F)(F)F)C[C@H](c1cccs1)N2. The Kier molecular flexibility index (Phi) is 4.42. The molecular formula is C17H15F3N4O2S. The summed E-state index contributed by atoms with van der Waals surface area (Å²) in [4.78, 5) is 13.1. The van der Waals surface area contributed by atoms with Crippen molar-refractivity contribution >= 4 is 23.1 Å². The number of rotatable bonds is 4. The van der Waals surface area contributed by atoms with E-state index in [1.807, 2.05) is 5.38 Å². The average Bonchev–Trinajstić information content (AvgIpc) is 3.38. The molecule has 0 saturated carbocycles. The first-order chi connectivity index (χ1) is 12.9. The van der Waals surface area contributed by atoms with Crippen molar-refractivity contribution in [3.05, 3.63) is 58.3 Å². The molecule has 0 radical (unpaired) electrons. The van der Waals surface area contributed by atoms with Gasteiger partial charge < -0.3 is 15.1 Å². The van der Waals surface area contributed by atoms with E-state index in [9.17, 15) is 18.0 Å². The van der Waals surface area contributed by atoms with Crippen LogP contribution in [0.5, 0.6) is 0 Å². The molecule has 3 aromatic rings. The number of thiophene rings is 1. The first-order valence-electron chi connectivity index (χ1n) is 8.18. The molecule has 3 aromatic heterocycles. The van der Waals surface area contributed by atoms with Gasteiger partial charge in [-0.15, -0.1) is 11.3 Å². The Balaban J connectivity index is 1.58. The summed E-state index contributed by atoms with van der Waals surface area (Å²) < 4.78 is 46.7. The van der Waals surface area contributed by atoms with Crippen molar-refractivity contribution in [1.29, 1.82) is 0 Å². The third-order valence-electron chi connectivity index (χ3n) is 4.31. The maximum Gasteiger partial charge on any atom is 0.410 e. The smallest absolute Gasteiger partial charge is 0.410 e. The quantitative estimate of drug-likeness (QED) is 0.696. The Bertz CT molecular complexity index is 919. The van der Waals surface area contributed by atoms with Crippen LogP contribution in [0, 0.1) is 0 Å². The summed E-state index contributed by atoms with van der Waals surface area (Å²) in [7, 11) is 0. The number of anilines is 1. The monoisotopic (exact) mass is 396 g/mol. The lowest BCUT2D eigenvalue weighted by Gasteiger charge is -2.32. The molecule has 2 N–H and O–H groups in total. The molecule has 0 unspecified atom stereocenters. The van der Waals surface area contributed by atoms with Gasteiger partial charge in [0, 0.05) is 17.4 Å². The molecule has 4 rings (SSSR count). The summed E-state index contributed by atoms with van der Waals surface area (Å²) in [6.45, 7) is 0.127. The third kappa shape index (κ3) is 3.57. The van der Waals surface area contributed by atoms with Crippen LogP contribution in [0.25, 0.3) is 0 Å². The summed E-state index contributed by atoms with van der Waals surface area (Å²) in [5, 5.41) is 11.4. The zero-order valence-electron chi connectivity index (χ0n) is 13.9. The highest BCUT2D eigenvalue weighted by atomic mass is 32.1. The van der Waals surface area contributed by atoms with Crippen molar-refractivity contribution in [2.75, 3.05) is 5.32 Å². The molecule has 0 saturated heterocycles. The van der Waals surface area contributed by atoms with E-state index in [2.05, 4.69) is 15.7 Å². The van der Waals surface area contributed by atoms with Crippen LogP contribution in [0.4, 0.5) is 19.0 Å². The Morgan fingerprint density at radius 1 is 1.41 bits per heavy atom. The van der Waals surface area contributed by atoms with Crippen molar-refractivity contribution in [3.63, 3.8) is 0 Å². The van der Waals surface area contributed by atoms with Crippen LogP contribution in [0.3, 0.4) is 0 Å². The number of carbonyl (C=O) groups is 1. The molecule has 1 amide bonds. The van der Waals surface area contributed by atoms with Gasteiger partial charge in [0.1, 0.15) is 11.6 Å². The number of nitrogens with zero attached hydrogens (tertiary/aromatic N) is 2. The Hall–Kier alpha value is -2.75. The first kappa shape index (κ1) is 17.7. The predicted molar refractivity (Wildman–Crippen MR) is 92.5 cm³/mol. The number of hydrogen-bond acceptors (Lipinski definition) is 5. The standard InChI is InChI=1S/C17H15F3N4O2S/c18-17(19,20)14-7-11(13-4-2-6-27-13)22-15-8-12(23-24(14)15)16(25)21-9-10-3-1-5-26-10/h1-6,8,11,14,22H,7,9H2,(H,21,25)/t11-,14+/m1/s1. The van der Waals surface area contributed by atoms with Gasteiger partial charge in [-0.2, -0.15) is 18.3 Å². The molecule has 27 heavy (non-hydrogen) atoms. The summed E-state index contributed by atoms with van der Waals surface area (Å²) in [6, 6.07) is 6.01. The maximum absolute atomic E-state index is 13.6. The van der Waals surface area contributed by atoms with E-state index in [1.165, 1.54) is 23.7 Å². The molecule has 10 heteroatoms. The van der Waals surface area contributed by atoms with Crippen molar-refractivity contribution in [2.24, 2.45) is 0 Å². The maximum atomic E-state index is 13.6. The highest BCUT2D eigenvalue weighted by molar-refractivity contribution is 7.10. The normalized spacial score (nSPS) is 19.4. The molecule has 6 nitrogen and oxygen atoms in total. The van der Waals surface area contributed by atoms with Crippen LogP contribution in [0.15, 0.2) is 46.4 Å². The van der Waals surface area contributed by atoms with Gasteiger partial charge in [0.15, 0.2) is 11.7 Å². The minimum Gasteiger partial charge on any atom is -0.467 e. The van der Waals surface area contributed by atoms with Crippen LogP contribution in [-0.2, 0) is 6.54 Å². The van der Waals surface area contributed by atoms with Gasteiger partial charge in [0.05, 0.1) is 18.8 Å². The molecule has 4 heterocycles. The van der Waals surface area contributed by atoms with Crippen molar-refractivity contribution in [1.82, 2.24) is 15.1 Å². The number of fused-ring (bicyclic) bond motifs is 1. The lowest BCUT2D eigenvalue weighted by molar-refractivity contribution is -0.173. The van der Waals surface area contributed by atoms with E-state index in [4.69, 9.17) is 4.42 Å². The summed E-state index contributed by atoms with van der Waals surface area (Å²) >= 11 is 1.39. The van der Waals surface area contributed by atoms with Crippen LogP contribution < -0.4 is 10.6 Å². The second kappa shape index (κ2) is 6.76. The second-order valence-electron chi connectivity index (χ2n) is 6.13. The van der Waals surface area contributed by atoms with Gasteiger partial charge >= 0.3 is 6.18 Å². The molecular weight excluding hydrogens is 381 g/mol. The number of hydrogen-bond donors (Lipinski definition) is 2. The van der Waals surface area contributed by atoms with Crippen molar-refractivity contribution in [3.8, 4) is 0 Å². The topological polar surface area (TPSA) is 72.1 Å². The van der Waals surface area contributed by atoms with E-state index < -0.39 is 24.2 Å². The van der Waals surface area contributed by atoms with E-state index in [1.54, 1.807) is 24.3 Å². The molecule has 0 aliphatic carbocycles. The molecule has 0 spiro atoms. The van der Waals surface area contributed by atoms with Gasteiger partial charge in [-0.25, -0.2) is 4.68 Å². The Morgan fingerprint density at radius 2 is 2.26 bits per heavy atom. The number of aromatic nitrogens is 2. The third-order valence-corrected chi connectivity index (χ3v) is 5.30. The van der Waals surface area contributed by atoms with Gasteiger partial charge in [-0.05, 0) is 23.6 Å².